The van der Waals surface area contributed by atoms with Crippen LogP contribution in [0.2, 0.25) is 0 Å². The van der Waals surface area contributed by atoms with E-state index < -0.39 is 0 Å². The fraction of sp³-hybridized carbons (Fsp3) is 0.529. The Kier molecular flexibility index (Phi) is 6.54. The summed E-state index contributed by atoms with van der Waals surface area (Å²) >= 11 is 1.52. The first-order valence-corrected chi connectivity index (χ1v) is 9.00. The molecule has 0 radical (unpaired) electrons. The Bertz CT molecular complexity index is 702. The Morgan fingerprint density at radius 3 is 2.68 bits per heavy atom. The second-order valence-electron chi connectivity index (χ2n) is 6.62. The molecule has 0 unspecified atom stereocenters. The van der Waals surface area contributed by atoms with E-state index in [2.05, 4.69) is 10.3 Å². The van der Waals surface area contributed by atoms with Gasteiger partial charge in [-0.25, -0.2) is 4.98 Å². The molecular formula is C17H23Cl2N3O2S. The van der Waals surface area contributed by atoms with Crippen LogP contribution in [-0.4, -0.2) is 42.0 Å². The summed E-state index contributed by atoms with van der Waals surface area (Å²) < 4.78 is 5.39. The minimum Gasteiger partial charge on any atom is -0.462 e. The number of halogens is 2. The van der Waals surface area contributed by atoms with E-state index in [1.807, 2.05) is 24.0 Å². The average Bonchev–Trinajstić information content (AvgIpc) is 3.28. The van der Waals surface area contributed by atoms with Gasteiger partial charge in [-0.05, 0) is 50.3 Å². The first-order chi connectivity index (χ1) is 11.2. The topological polar surface area (TPSA) is 58.4 Å². The number of carbonyl (C=O) groups excluding carboxylic acids is 1. The lowest BCUT2D eigenvalue weighted by Gasteiger charge is -2.38. The van der Waals surface area contributed by atoms with Gasteiger partial charge >= 0.3 is 0 Å². The van der Waals surface area contributed by atoms with Gasteiger partial charge in [0.1, 0.15) is 5.69 Å². The molecular weight excluding hydrogens is 381 g/mol. The maximum atomic E-state index is 12.8. The Hall–Kier alpha value is -1.08. The Labute approximate surface area is 164 Å². The van der Waals surface area contributed by atoms with Crippen molar-refractivity contribution >= 4 is 42.1 Å². The lowest BCUT2D eigenvalue weighted by Crippen LogP contribution is -2.44. The lowest BCUT2D eigenvalue weighted by molar-refractivity contribution is 0.0602. The molecule has 0 saturated carbocycles. The molecule has 25 heavy (non-hydrogen) atoms. The smallest absolute Gasteiger partial charge is 0.273 e. The van der Waals surface area contributed by atoms with Crippen LogP contribution in [0.25, 0.3) is 10.8 Å². The highest BCUT2D eigenvalue weighted by atomic mass is 35.5. The molecule has 0 aromatic carbocycles. The minimum atomic E-state index is 0. The van der Waals surface area contributed by atoms with E-state index in [1.54, 1.807) is 6.26 Å². The largest absolute Gasteiger partial charge is 0.462 e. The van der Waals surface area contributed by atoms with E-state index in [4.69, 9.17) is 4.42 Å². The number of aryl methyl sites for hydroxylation is 1. The standard InChI is InChI=1S/C17H21N3O2S.2ClH/c1-12-14(19-15(23-12)13-3-2-10-22-13)16(21)20-8-5-17(6-9-20)4-7-18-11-17;;/h2-3,10,18H,4-9,11H2,1H3;2*1H. The highest BCUT2D eigenvalue weighted by molar-refractivity contribution is 7.15. The van der Waals surface area contributed by atoms with Gasteiger partial charge in [0.15, 0.2) is 10.8 Å². The molecule has 0 aliphatic carbocycles. The quantitative estimate of drug-likeness (QED) is 0.828. The first kappa shape index (κ1) is 20.2. The van der Waals surface area contributed by atoms with E-state index in [1.165, 1.54) is 17.8 Å². The molecule has 4 heterocycles. The number of piperidine rings is 1. The molecule has 8 heteroatoms. The SMILES string of the molecule is Cc1sc(-c2ccco2)nc1C(=O)N1CCC2(CCNC2)CC1.Cl.Cl. The van der Waals surface area contributed by atoms with Gasteiger partial charge in [-0.3, -0.25) is 4.79 Å². The second-order valence-corrected chi connectivity index (χ2v) is 7.82. The van der Waals surface area contributed by atoms with Crippen molar-refractivity contribution in [1.29, 1.82) is 0 Å². The summed E-state index contributed by atoms with van der Waals surface area (Å²) in [5, 5.41) is 4.24. The molecule has 0 bridgehead atoms. The molecule has 2 fully saturated rings. The van der Waals surface area contributed by atoms with Crippen LogP contribution in [0.5, 0.6) is 0 Å². The van der Waals surface area contributed by atoms with E-state index in [9.17, 15) is 4.79 Å². The van der Waals surface area contributed by atoms with Crippen molar-refractivity contribution in [3.63, 3.8) is 0 Å². The van der Waals surface area contributed by atoms with Crippen LogP contribution in [0.4, 0.5) is 0 Å². The van der Waals surface area contributed by atoms with Gasteiger partial charge in [0.05, 0.1) is 6.26 Å². The van der Waals surface area contributed by atoms with E-state index >= 15 is 0 Å². The fourth-order valence-corrected chi connectivity index (χ4v) is 4.53. The number of nitrogens with one attached hydrogen (secondary N) is 1. The van der Waals surface area contributed by atoms with Crippen LogP contribution < -0.4 is 5.32 Å². The van der Waals surface area contributed by atoms with Gasteiger partial charge in [-0.15, -0.1) is 36.2 Å². The maximum Gasteiger partial charge on any atom is 0.273 e. The Morgan fingerprint density at radius 1 is 1.32 bits per heavy atom. The molecule has 1 amide bonds. The third-order valence-corrected chi connectivity index (χ3v) is 6.16. The van der Waals surface area contributed by atoms with Crippen molar-refractivity contribution in [1.82, 2.24) is 15.2 Å². The third-order valence-electron chi connectivity index (χ3n) is 5.17. The minimum absolute atomic E-state index is 0. The van der Waals surface area contributed by atoms with E-state index in [-0.39, 0.29) is 30.7 Å². The maximum absolute atomic E-state index is 12.8. The number of nitrogens with zero attached hydrogens (tertiary/aromatic N) is 2. The fourth-order valence-electron chi connectivity index (χ4n) is 3.66. The molecule has 138 valence electrons. The van der Waals surface area contributed by atoms with Crippen molar-refractivity contribution in [2.75, 3.05) is 26.2 Å². The second kappa shape index (κ2) is 8.08. The van der Waals surface area contributed by atoms with Crippen molar-refractivity contribution in [2.24, 2.45) is 5.41 Å². The van der Waals surface area contributed by atoms with Gasteiger partial charge in [0.25, 0.3) is 5.91 Å². The van der Waals surface area contributed by atoms with Crippen molar-refractivity contribution in [3.05, 3.63) is 29.0 Å². The lowest BCUT2D eigenvalue weighted by atomic mass is 9.78. The molecule has 2 aliphatic rings. The zero-order chi connectivity index (χ0) is 15.9. The summed E-state index contributed by atoms with van der Waals surface area (Å²) in [6.07, 6.45) is 5.07. The van der Waals surface area contributed by atoms with Crippen molar-refractivity contribution in [3.8, 4) is 10.8 Å². The van der Waals surface area contributed by atoms with Gasteiger partial charge in [-0.2, -0.15) is 0 Å². The van der Waals surface area contributed by atoms with Crippen LogP contribution in [0.1, 0.15) is 34.6 Å². The van der Waals surface area contributed by atoms with E-state index in [0.29, 0.717) is 11.1 Å². The van der Waals surface area contributed by atoms with Gasteiger partial charge in [0, 0.05) is 24.5 Å². The summed E-state index contributed by atoms with van der Waals surface area (Å²) in [5.41, 5.74) is 1.01. The predicted octanol–water partition coefficient (Wildman–Crippen LogP) is 3.77. The van der Waals surface area contributed by atoms with Crippen LogP contribution in [0.3, 0.4) is 0 Å². The molecule has 1 spiro atoms. The van der Waals surface area contributed by atoms with Crippen LogP contribution in [-0.2, 0) is 0 Å². The van der Waals surface area contributed by atoms with E-state index in [0.717, 1.165) is 54.7 Å². The summed E-state index contributed by atoms with van der Waals surface area (Å²) in [7, 11) is 0. The van der Waals surface area contributed by atoms with Crippen LogP contribution >= 0.6 is 36.2 Å². The normalized spacial score (nSPS) is 18.7. The number of rotatable bonds is 2. The Morgan fingerprint density at radius 2 is 2.08 bits per heavy atom. The zero-order valence-electron chi connectivity index (χ0n) is 14.1. The number of furan rings is 1. The van der Waals surface area contributed by atoms with Gasteiger partial charge in [-0.1, -0.05) is 0 Å². The van der Waals surface area contributed by atoms with Crippen molar-refractivity contribution < 1.29 is 9.21 Å². The predicted molar refractivity (Wildman–Crippen MR) is 104 cm³/mol. The molecule has 2 aromatic rings. The third kappa shape index (κ3) is 3.87. The summed E-state index contributed by atoms with van der Waals surface area (Å²) in [5.74, 6) is 0.795. The molecule has 4 rings (SSSR count). The number of amides is 1. The zero-order valence-corrected chi connectivity index (χ0v) is 16.6. The number of thiazole rings is 1. The number of hydrogen-bond donors (Lipinski definition) is 1. The molecule has 2 aromatic heterocycles. The summed E-state index contributed by atoms with van der Waals surface area (Å²) in [6.45, 7) is 5.86. The summed E-state index contributed by atoms with van der Waals surface area (Å²) in [6, 6.07) is 3.72. The summed E-state index contributed by atoms with van der Waals surface area (Å²) in [4.78, 5) is 20.3. The number of aromatic nitrogens is 1. The van der Waals surface area contributed by atoms with Gasteiger partial charge in [0.2, 0.25) is 0 Å². The number of hydrogen-bond acceptors (Lipinski definition) is 5. The first-order valence-electron chi connectivity index (χ1n) is 8.18. The highest BCUT2D eigenvalue weighted by Gasteiger charge is 2.38. The average molecular weight is 404 g/mol. The monoisotopic (exact) mass is 403 g/mol. The molecule has 1 N–H and O–H groups in total. The van der Waals surface area contributed by atoms with Crippen molar-refractivity contribution in [2.45, 2.75) is 26.2 Å². The molecule has 2 aliphatic heterocycles. The number of likely N-dealkylation sites (tertiary alicyclic amines) is 1. The van der Waals surface area contributed by atoms with Crippen LogP contribution in [0.15, 0.2) is 22.8 Å². The molecule has 0 atom stereocenters. The molecule has 5 nitrogen and oxygen atoms in total. The number of carbonyl (C=O) groups is 1. The molecule has 2 saturated heterocycles. The highest BCUT2D eigenvalue weighted by Crippen LogP contribution is 2.37. The van der Waals surface area contributed by atoms with Gasteiger partial charge < -0.3 is 14.6 Å². The Balaban J connectivity index is 0.00000113. The van der Waals surface area contributed by atoms with Crippen LogP contribution in [0, 0.1) is 12.3 Å².